The normalized spacial score (nSPS) is 23.8. The van der Waals surface area contributed by atoms with Crippen LogP contribution in [0.2, 0.25) is 5.02 Å². The maximum atomic E-state index is 13.2. The van der Waals surface area contributed by atoms with Crippen molar-refractivity contribution in [3.63, 3.8) is 0 Å². The van der Waals surface area contributed by atoms with Gasteiger partial charge in [0.1, 0.15) is 5.02 Å². The molecule has 6 rings (SSSR count). The number of imide groups is 2. The zero-order valence-corrected chi connectivity index (χ0v) is 18.0. The largest absolute Gasteiger partial charge is 0.374 e. The average Bonchev–Trinajstić information content (AvgIpc) is 3.22. The maximum absolute atomic E-state index is 13.2. The number of aromatic nitrogens is 3. The van der Waals surface area contributed by atoms with E-state index in [1.54, 1.807) is 31.5 Å². The molecule has 33 heavy (non-hydrogen) atoms. The van der Waals surface area contributed by atoms with Gasteiger partial charge in [0.05, 0.1) is 29.8 Å². The fourth-order valence-electron chi connectivity index (χ4n) is 5.24. The molecule has 0 aliphatic carbocycles. The first-order chi connectivity index (χ1) is 15.9. The van der Waals surface area contributed by atoms with Crippen molar-refractivity contribution in [1.82, 2.24) is 25.8 Å². The number of nitrogens with one attached hydrogen (secondary N) is 2. The minimum atomic E-state index is -1.58. The molecule has 168 valence electrons. The quantitative estimate of drug-likeness (QED) is 0.507. The van der Waals surface area contributed by atoms with E-state index in [0.717, 1.165) is 0 Å². The molecule has 3 aromatic rings. The molecule has 11 nitrogen and oxygen atoms in total. The van der Waals surface area contributed by atoms with Crippen molar-refractivity contribution in [1.29, 1.82) is 0 Å². The molecular formula is C21H17ClN6O5. The predicted molar refractivity (Wildman–Crippen MR) is 114 cm³/mol. The summed E-state index contributed by atoms with van der Waals surface area (Å²) >= 11 is 6.84. The Kier molecular flexibility index (Phi) is 4.23. The summed E-state index contributed by atoms with van der Waals surface area (Å²) in [6.07, 6.45) is 2.71. The summed E-state index contributed by atoms with van der Waals surface area (Å²) in [5, 5.41) is 9.54. The number of ether oxygens (including phenoxy) is 1. The Morgan fingerprint density at radius 3 is 2.64 bits per heavy atom. The van der Waals surface area contributed by atoms with E-state index in [0.29, 0.717) is 51.9 Å². The average molecular weight is 469 g/mol. The number of urea groups is 1. The van der Waals surface area contributed by atoms with Gasteiger partial charge in [0, 0.05) is 18.9 Å². The second kappa shape index (κ2) is 6.96. The molecule has 0 radical (unpaired) electrons. The summed E-state index contributed by atoms with van der Waals surface area (Å²) < 4.78 is 11.4. The van der Waals surface area contributed by atoms with Crippen LogP contribution in [0, 0.1) is 5.41 Å². The van der Waals surface area contributed by atoms with E-state index < -0.39 is 35.4 Å². The second-order valence-electron chi connectivity index (χ2n) is 8.28. The van der Waals surface area contributed by atoms with Gasteiger partial charge in [-0.05, 0) is 31.0 Å². The Balaban J connectivity index is 1.60. The number of fused-ring (bicyclic) bond motifs is 5. The molecule has 0 unspecified atom stereocenters. The molecule has 0 bridgehead atoms. The van der Waals surface area contributed by atoms with E-state index in [4.69, 9.17) is 20.9 Å². The summed E-state index contributed by atoms with van der Waals surface area (Å²) in [5.74, 6) is -0.973. The molecule has 0 saturated carbocycles. The fourth-order valence-corrected chi connectivity index (χ4v) is 5.61. The molecule has 3 aliphatic rings. The number of anilines is 1. The number of carbonyl (C=O) groups excluding carboxylic acids is 3. The summed E-state index contributed by atoms with van der Waals surface area (Å²) in [4.78, 5) is 48.7. The minimum Gasteiger partial charge on any atom is -0.374 e. The van der Waals surface area contributed by atoms with E-state index in [2.05, 4.69) is 25.8 Å². The van der Waals surface area contributed by atoms with Crippen LogP contribution in [0.3, 0.4) is 0 Å². The molecule has 2 N–H and O–H groups in total. The van der Waals surface area contributed by atoms with E-state index in [1.807, 2.05) is 4.90 Å². The zero-order valence-electron chi connectivity index (χ0n) is 17.3. The molecule has 4 amide bonds. The van der Waals surface area contributed by atoms with Gasteiger partial charge in [0.2, 0.25) is 11.8 Å². The molecule has 2 atom stereocenters. The van der Waals surface area contributed by atoms with Gasteiger partial charge in [0.25, 0.3) is 0 Å². The lowest BCUT2D eigenvalue weighted by molar-refractivity contribution is -0.151. The topological polar surface area (TPSA) is 140 Å². The number of rotatable bonds is 1. The van der Waals surface area contributed by atoms with Crippen LogP contribution in [-0.2, 0) is 20.7 Å². The number of hydrogen-bond donors (Lipinski definition) is 2. The Hall–Kier alpha value is -3.57. The van der Waals surface area contributed by atoms with E-state index in [1.165, 1.54) is 0 Å². The molecule has 12 heteroatoms. The van der Waals surface area contributed by atoms with Crippen LogP contribution >= 0.6 is 11.6 Å². The highest BCUT2D eigenvalue weighted by Gasteiger charge is 2.62. The monoisotopic (exact) mass is 468 g/mol. The van der Waals surface area contributed by atoms with E-state index in [9.17, 15) is 14.4 Å². The van der Waals surface area contributed by atoms with Gasteiger partial charge in [0.15, 0.2) is 22.5 Å². The third-order valence-electron chi connectivity index (χ3n) is 6.55. The van der Waals surface area contributed by atoms with Crippen molar-refractivity contribution in [2.45, 2.75) is 25.5 Å². The first-order valence-corrected chi connectivity index (χ1v) is 10.7. The van der Waals surface area contributed by atoms with Crippen LogP contribution in [-0.4, -0.2) is 58.3 Å². The van der Waals surface area contributed by atoms with Crippen LogP contribution in [0.15, 0.2) is 29.0 Å². The van der Waals surface area contributed by atoms with Crippen molar-refractivity contribution in [3.05, 3.63) is 35.1 Å². The van der Waals surface area contributed by atoms with Crippen molar-refractivity contribution in [2.75, 3.05) is 18.1 Å². The van der Waals surface area contributed by atoms with Gasteiger partial charge >= 0.3 is 6.03 Å². The van der Waals surface area contributed by atoms with Crippen LogP contribution in [0.5, 0.6) is 0 Å². The lowest BCUT2D eigenvalue weighted by Gasteiger charge is -2.54. The van der Waals surface area contributed by atoms with Crippen LogP contribution < -0.4 is 15.5 Å². The van der Waals surface area contributed by atoms with Crippen molar-refractivity contribution < 1.29 is 23.6 Å². The third kappa shape index (κ3) is 2.66. The highest BCUT2D eigenvalue weighted by Crippen LogP contribution is 2.51. The molecule has 1 spiro atoms. The van der Waals surface area contributed by atoms with Crippen molar-refractivity contribution in [3.8, 4) is 11.5 Å². The molecule has 2 aromatic heterocycles. The van der Waals surface area contributed by atoms with Gasteiger partial charge in [-0.2, -0.15) is 0 Å². The van der Waals surface area contributed by atoms with Gasteiger partial charge in [-0.25, -0.2) is 14.8 Å². The van der Waals surface area contributed by atoms with Crippen molar-refractivity contribution >= 4 is 46.1 Å². The number of halogens is 1. The number of barbiturate groups is 1. The van der Waals surface area contributed by atoms with Gasteiger partial charge in [-0.1, -0.05) is 16.8 Å². The molecule has 3 aliphatic heterocycles. The number of nitrogens with zero attached hydrogens (tertiary/aromatic N) is 4. The van der Waals surface area contributed by atoms with E-state index in [-0.39, 0.29) is 6.42 Å². The fraction of sp³-hybridized carbons (Fsp3) is 0.333. The molecule has 5 heterocycles. The number of morpholine rings is 1. The van der Waals surface area contributed by atoms with Crippen molar-refractivity contribution in [2.24, 2.45) is 5.41 Å². The highest BCUT2D eigenvalue weighted by atomic mass is 35.5. The van der Waals surface area contributed by atoms with Crippen LogP contribution in [0.1, 0.15) is 12.5 Å². The Morgan fingerprint density at radius 1 is 1.18 bits per heavy atom. The van der Waals surface area contributed by atoms with Gasteiger partial charge < -0.3 is 14.2 Å². The Morgan fingerprint density at radius 2 is 1.91 bits per heavy atom. The van der Waals surface area contributed by atoms with Gasteiger partial charge in [-0.15, -0.1) is 0 Å². The minimum absolute atomic E-state index is 0.0120. The molecule has 1 aromatic carbocycles. The molecule has 2 saturated heterocycles. The number of carbonyl (C=O) groups is 3. The summed E-state index contributed by atoms with van der Waals surface area (Å²) in [6.45, 7) is 2.57. The summed E-state index contributed by atoms with van der Waals surface area (Å²) in [6, 6.07) is 1.97. The first kappa shape index (κ1) is 20.1. The number of hydrogen-bond acceptors (Lipinski definition) is 9. The SMILES string of the molecule is C[C@@H]1OCCN2c3c(cc4c(-c5ncccn5)noc4c3Cl)CC3(C(=O)NC(=O)NC3=O)[C@@H]12. The molecular weight excluding hydrogens is 452 g/mol. The predicted octanol–water partition coefficient (Wildman–Crippen LogP) is 1.44. The summed E-state index contributed by atoms with van der Waals surface area (Å²) in [7, 11) is 0. The highest BCUT2D eigenvalue weighted by molar-refractivity contribution is 6.38. The third-order valence-corrected chi connectivity index (χ3v) is 6.91. The lowest BCUT2D eigenvalue weighted by atomic mass is 9.66. The second-order valence-corrected chi connectivity index (χ2v) is 8.66. The number of benzene rings is 1. The standard InChI is InChI=1S/C21H17ClN6O5/c1-9-16-21(18(29)25-20(31)26-19(21)30)8-10-7-11-13(17-23-3-2-4-24-17)27-33-15(11)12(22)14(10)28(16)5-6-32-9/h2-4,7,9,16H,5-6,8H2,1H3,(H2,25,26,29,30,31)/t9-,16+/m0/s1. The Bertz CT molecular complexity index is 1320. The molecule has 2 fully saturated rings. The van der Waals surface area contributed by atoms with Gasteiger partial charge in [-0.3, -0.25) is 20.2 Å². The first-order valence-electron chi connectivity index (χ1n) is 10.3. The van der Waals surface area contributed by atoms with Crippen LogP contribution in [0.25, 0.3) is 22.5 Å². The number of amides is 4. The maximum Gasteiger partial charge on any atom is 0.328 e. The van der Waals surface area contributed by atoms with E-state index >= 15 is 0 Å². The lowest BCUT2D eigenvalue weighted by Crippen LogP contribution is -2.74. The Labute approximate surface area is 191 Å². The summed E-state index contributed by atoms with van der Waals surface area (Å²) in [5.41, 5.74) is 0.481. The zero-order chi connectivity index (χ0) is 22.9. The van der Waals surface area contributed by atoms with Crippen LogP contribution in [0.4, 0.5) is 10.5 Å². The smallest absolute Gasteiger partial charge is 0.328 e.